The molecule has 36 heavy (non-hydrogen) atoms. The smallest absolute Gasteiger partial charge is 0.277 e. The van der Waals surface area contributed by atoms with Gasteiger partial charge in [-0.05, 0) is 53.9 Å². The highest BCUT2D eigenvalue weighted by molar-refractivity contribution is 14.1. The molecule has 2 aromatic rings. The monoisotopic (exact) mass is 621 g/mol. The number of carbonyl (C=O) groups is 1. The van der Waals surface area contributed by atoms with Gasteiger partial charge in [-0.3, -0.25) is 14.5 Å². The zero-order valence-electron chi connectivity index (χ0n) is 19.6. The van der Waals surface area contributed by atoms with E-state index in [9.17, 15) is 13.6 Å². The van der Waals surface area contributed by atoms with Crippen LogP contribution in [-0.2, 0) is 9.68 Å². The summed E-state index contributed by atoms with van der Waals surface area (Å²) in [6.07, 6.45) is 0.961. The molecule has 1 fully saturated rings. The Kier molecular flexibility index (Phi) is 10.7. The van der Waals surface area contributed by atoms with E-state index in [-0.39, 0.29) is 36.6 Å². The molecule has 1 aliphatic heterocycles. The molecule has 0 saturated carbocycles. The number of rotatable bonds is 11. The Morgan fingerprint density at radius 1 is 1.17 bits per heavy atom. The molecule has 0 spiro atoms. The fourth-order valence-electron chi connectivity index (χ4n) is 3.37. The number of nitrogens with one attached hydrogen (secondary N) is 2. The first-order valence-electron chi connectivity index (χ1n) is 11.1. The maximum absolute atomic E-state index is 15.1. The van der Waals surface area contributed by atoms with Gasteiger partial charge in [-0.2, -0.15) is 0 Å². The van der Waals surface area contributed by atoms with Crippen molar-refractivity contribution in [3.63, 3.8) is 0 Å². The maximum Gasteiger partial charge on any atom is 0.277 e. The molecule has 0 aromatic heterocycles. The number of aliphatic hydroxyl groups excluding tert-OH is 1. The zero-order valence-corrected chi connectivity index (χ0v) is 21.7. The minimum Gasteiger partial charge on any atom is -0.394 e. The summed E-state index contributed by atoms with van der Waals surface area (Å²) in [7, 11) is 2.05. The largest absolute Gasteiger partial charge is 0.394 e. The van der Waals surface area contributed by atoms with Crippen molar-refractivity contribution in [2.75, 3.05) is 64.9 Å². The molecule has 2 aromatic carbocycles. The van der Waals surface area contributed by atoms with Crippen molar-refractivity contribution >= 4 is 46.1 Å². The van der Waals surface area contributed by atoms with E-state index in [4.69, 9.17) is 14.8 Å². The summed E-state index contributed by atoms with van der Waals surface area (Å²) in [6.45, 7) is 3.98. The Labute approximate surface area is 220 Å². The SMILES string of the molecule is CN1CCN(CCO/N=C/c2cc(C(=O)NOCCO)c(Nc3ccc(I)cc3F)c(F)c2F)CC1. The Bertz CT molecular complexity index is 1080. The molecule has 1 aliphatic rings. The third-order valence-electron chi connectivity index (χ3n) is 5.39. The number of hydrogen-bond donors (Lipinski definition) is 3. The van der Waals surface area contributed by atoms with Gasteiger partial charge >= 0.3 is 0 Å². The minimum absolute atomic E-state index is 0.160. The second kappa shape index (κ2) is 13.7. The number of benzene rings is 2. The van der Waals surface area contributed by atoms with Crippen molar-refractivity contribution in [3.8, 4) is 0 Å². The standard InChI is InChI=1S/C23H27F3IN5O4/c1-31-4-6-32(7-5-31)8-10-35-28-14-15-12-17(23(34)30-36-11-9-33)22(21(26)20(15)25)29-19-3-2-16(27)13-18(19)24/h2-3,12-14,29,33H,4-11H2,1H3,(H,30,34)/b28-14+. The van der Waals surface area contributed by atoms with Crippen LogP contribution in [0.4, 0.5) is 24.5 Å². The number of hydroxylamine groups is 1. The normalized spacial score (nSPS) is 14.8. The molecular weight excluding hydrogens is 594 g/mol. The van der Waals surface area contributed by atoms with Crippen LogP contribution in [0.15, 0.2) is 29.4 Å². The van der Waals surface area contributed by atoms with Crippen LogP contribution in [-0.4, -0.2) is 86.6 Å². The van der Waals surface area contributed by atoms with Gasteiger partial charge in [-0.1, -0.05) is 5.16 Å². The number of aliphatic hydroxyl groups is 1. The van der Waals surface area contributed by atoms with E-state index >= 15 is 4.39 Å². The molecule has 1 amide bonds. The van der Waals surface area contributed by atoms with Crippen molar-refractivity contribution < 1.29 is 32.7 Å². The minimum atomic E-state index is -1.42. The number of oxime groups is 1. The first-order chi connectivity index (χ1) is 17.3. The molecule has 0 radical (unpaired) electrons. The van der Waals surface area contributed by atoms with E-state index in [1.807, 2.05) is 28.1 Å². The quantitative estimate of drug-likeness (QED) is 0.154. The van der Waals surface area contributed by atoms with E-state index in [2.05, 4.69) is 27.3 Å². The highest BCUT2D eigenvalue weighted by atomic mass is 127. The summed E-state index contributed by atoms with van der Waals surface area (Å²) in [5.74, 6) is -4.38. The molecule has 196 valence electrons. The topological polar surface area (TPSA) is 98.7 Å². The Balaban J connectivity index is 1.78. The number of halogens is 4. The van der Waals surface area contributed by atoms with Crippen LogP contribution in [0.2, 0.25) is 0 Å². The molecule has 3 rings (SSSR count). The third-order valence-corrected chi connectivity index (χ3v) is 6.06. The molecule has 3 N–H and O–H groups in total. The molecule has 0 unspecified atom stereocenters. The van der Waals surface area contributed by atoms with Crippen LogP contribution in [0.25, 0.3) is 0 Å². The van der Waals surface area contributed by atoms with Gasteiger partial charge < -0.3 is 20.2 Å². The van der Waals surface area contributed by atoms with E-state index in [0.29, 0.717) is 10.1 Å². The molecule has 13 heteroatoms. The summed E-state index contributed by atoms with van der Waals surface area (Å²) in [5.41, 5.74) is 0.555. The van der Waals surface area contributed by atoms with Gasteiger partial charge in [0.1, 0.15) is 12.4 Å². The molecule has 0 atom stereocenters. The maximum atomic E-state index is 15.1. The average molecular weight is 621 g/mol. The number of piperazine rings is 1. The van der Waals surface area contributed by atoms with Gasteiger partial charge in [-0.25, -0.2) is 18.7 Å². The summed E-state index contributed by atoms with van der Waals surface area (Å²) in [5, 5.41) is 15.0. The first-order valence-corrected chi connectivity index (χ1v) is 12.2. The first kappa shape index (κ1) is 28.1. The van der Waals surface area contributed by atoms with Crippen molar-refractivity contribution in [2.24, 2.45) is 5.16 Å². The van der Waals surface area contributed by atoms with E-state index < -0.39 is 29.0 Å². The van der Waals surface area contributed by atoms with Gasteiger partial charge in [0.2, 0.25) is 0 Å². The summed E-state index contributed by atoms with van der Waals surface area (Å²) in [4.78, 5) is 27.1. The van der Waals surface area contributed by atoms with E-state index in [1.165, 1.54) is 12.1 Å². The highest BCUT2D eigenvalue weighted by Crippen LogP contribution is 2.30. The Morgan fingerprint density at radius 3 is 2.61 bits per heavy atom. The van der Waals surface area contributed by atoms with Crippen molar-refractivity contribution in [1.29, 1.82) is 0 Å². The lowest BCUT2D eigenvalue weighted by molar-refractivity contribution is 0.0168. The van der Waals surface area contributed by atoms with Gasteiger partial charge in [-0.15, -0.1) is 0 Å². The van der Waals surface area contributed by atoms with Crippen LogP contribution in [0.3, 0.4) is 0 Å². The third kappa shape index (κ3) is 7.77. The average Bonchev–Trinajstić information content (AvgIpc) is 2.85. The van der Waals surface area contributed by atoms with Gasteiger partial charge in [0.15, 0.2) is 11.6 Å². The van der Waals surface area contributed by atoms with Gasteiger partial charge in [0.05, 0.1) is 36.4 Å². The highest BCUT2D eigenvalue weighted by Gasteiger charge is 2.23. The van der Waals surface area contributed by atoms with Crippen LogP contribution in [0, 0.1) is 21.0 Å². The van der Waals surface area contributed by atoms with Crippen LogP contribution >= 0.6 is 22.6 Å². The predicted octanol–water partition coefficient (Wildman–Crippen LogP) is 2.70. The second-order valence-corrected chi connectivity index (χ2v) is 9.23. The molecule has 0 aliphatic carbocycles. The lowest BCUT2D eigenvalue weighted by Crippen LogP contribution is -2.45. The van der Waals surface area contributed by atoms with E-state index in [1.54, 1.807) is 6.07 Å². The molecule has 0 bridgehead atoms. The number of anilines is 2. The molecule has 1 heterocycles. The van der Waals surface area contributed by atoms with E-state index in [0.717, 1.165) is 38.5 Å². The van der Waals surface area contributed by atoms with Gasteiger partial charge in [0.25, 0.3) is 5.91 Å². The second-order valence-electron chi connectivity index (χ2n) is 7.98. The molecule has 9 nitrogen and oxygen atoms in total. The van der Waals surface area contributed by atoms with Gasteiger partial charge in [0, 0.05) is 41.9 Å². The predicted molar refractivity (Wildman–Crippen MR) is 137 cm³/mol. The van der Waals surface area contributed by atoms with Crippen molar-refractivity contribution in [1.82, 2.24) is 15.3 Å². The number of nitrogens with zero attached hydrogens (tertiary/aromatic N) is 3. The lowest BCUT2D eigenvalue weighted by Gasteiger charge is -2.31. The lowest BCUT2D eigenvalue weighted by atomic mass is 10.1. The van der Waals surface area contributed by atoms with Crippen LogP contribution < -0.4 is 10.8 Å². The Hall–Kier alpha value is -2.46. The summed E-state index contributed by atoms with van der Waals surface area (Å²) in [6, 6.07) is 5.13. The Morgan fingerprint density at radius 2 is 1.92 bits per heavy atom. The number of amides is 1. The van der Waals surface area contributed by atoms with Crippen LogP contribution in [0.5, 0.6) is 0 Å². The summed E-state index contributed by atoms with van der Waals surface area (Å²) >= 11 is 1.90. The number of hydrogen-bond acceptors (Lipinski definition) is 8. The van der Waals surface area contributed by atoms with Crippen molar-refractivity contribution in [2.45, 2.75) is 0 Å². The van der Waals surface area contributed by atoms with Crippen molar-refractivity contribution in [3.05, 3.63) is 56.4 Å². The summed E-state index contributed by atoms with van der Waals surface area (Å²) < 4.78 is 44.9. The zero-order chi connectivity index (χ0) is 26.1. The molecular formula is C23H27F3IN5O4. The number of likely N-dealkylation sites (N-methyl/N-ethyl adjacent to an activating group) is 1. The van der Waals surface area contributed by atoms with Crippen LogP contribution in [0.1, 0.15) is 15.9 Å². The fourth-order valence-corrected chi connectivity index (χ4v) is 3.83. The fraction of sp³-hybridized carbons (Fsp3) is 0.391. The molecule has 1 saturated heterocycles. The number of carbonyl (C=O) groups excluding carboxylic acids is 1.